The monoisotopic (exact) mass is 361 g/mol. The minimum absolute atomic E-state index is 0.730. The van der Waals surface area contributed by atoms with E-state index in [1.165, 1.54) is 5.56 Å². The fourth-order valence-electron chi connectivity index (χ4n) is 3.11. The predicted octanol–water partition coefficient (Wildman–Crippen LogP) is 1.14. The van der Waals surface area contributed by atoms with Crippen LogP contribution in [-0.4, -0.2) is 60.7 Å². The maximum absolute atomic E-state index is 5.56. The molecule has 2 aromatic heterocycles. The second kappa shape index (κ2) is 7.97. The first kappa shape index (κ1) is 17.9. The molecule has 136 valence electrons. The molecule has 0 aromatic carbocycles. The number of aromatic nitrogens is 4. The molecule has 0 atom stereocenters. The summed E-state index contributed by atoms with van der Waals surface area (Å²) in [6.45, 7) is 10.7. The molecule has 1 aliphatic rings. The number of nitrogens with one attached hydrogen (secondary N) is 1. The molecular weight excluding hydrogens is 334 g/mol. The van der Waals surface area contributed by atoms with Crippen molar-refractivity contribution < 1.29 is 0 Å². The van der Waals surface area contributed by atoms with Crippen molar-refractivity contribution in [2.75, 3.05) is 26.2 Å². The highest BCUT2D eigenvalue weighted by atomic mass is 32.1. The number of hydrogen-bond acceptors (Lipinski definition) is 4. The van der Waals surface area contributed by atoms with Gasteiger partial charge in [0.1, 0.15) is 0 Å². The van der Waals surface area contributed by atoms with Crippen LogP contribution in [0.2, 0.25) is 0 Å². The average Bonchev–Trinajstić information content (AvgIpc) is 3.19. The van der Waals surface area contributed by atoms with Gasteiger partial charge in [0.15, 0.2) is 5.11 Å². The van der Waals surface area contributed by atoms with Crippen LogP contribution in [-0.2, 0) is 26.7 Å². The molecule has 3 rings (SSSR count). The van der Waals surface area contributed by atoms with Gasteiger partial charge in [-0.25, -0.2) is 0 Å². The Labute approximate surface area is 154 Å². The molecule has 0 unspecified atom stereocenters. The first-order valence-corrected chi connectivity index (χ1v) is 9.21. The zero-order chi connectivity index (χ0) is 17.8. The topological polar surface area (TPSA) is 54.2 Å². The van der Waals surface area contributed by atoms with Crippen LogP contribution in [0.15, 0.2) is 18.6 Å². The molecule has 0 aliphatic carbocycles. The smallest absolute Gasteiger partial charge is 0.169 e. The summed E-state index contributed by atoms with van der Waals surface area (Å²) in [5.41, 5.74) is 3.59. The standard InChI is InChI=1S/C17H27N7S/c1-4-24-11-15(10-19-24)9-18-17(25)23-7-5-22(6-8-23)13-16-12-21(3)20-14(16)2/h10-12H,4-9,13H2,1-3H3,(H,18,25). The third-order valence-electron chi connectivity index (χ3n) is 4.62. The number of thiocarbonyl (C=S) groups is 1. The van der Waals surface area contributed by atoms with E-state index >= 15 is 0 Å². The van der Waals surface area contributed by atoms with Gasteiger partial charge in [0.2, 0.25) is 0 Å². The third-order valence-corrected chi connectivity index (χ3v) is 5.03. The molecule has 3 heterocycles. The fourth-order valence-corrected chi connectivity index (χ4v) is 3.37. The molecule has 1 aliphatic heterocycles. The summed E-state index contributed by atoms with van der Waals surface area (Å²) in [5.74, 6) is 0. The summed E-state index contributed by atoms with van der Waals surface area (Å²) in [6.07, 6.45) is 6.07. The Kier molecular flexibility index (Phi) is 5.70. The van der Waals surface area contributed by atoms with Gasteiger partial charge in [-0.1, -0.05) is 0 Å². The molecule has 0 spiro atoms. The summed E-state index contributed by atoms with van der Waals surface area (Å²) in [5, 5.41) is 12.9. The van der Waals surface area contributed by atoms with Gasteiger partial charge in [0, 0.05) is 76.4 Å². The highest BCUT2D eigenvalue weighted by Crippen LogP contribution is 2.11. The van der Waals surface area contributed by atoms with E-state index in [1.807, 2.05) is 22.6 Å². The molecule has 8 heteroatoms. The van der Waals surface area contributed by atoms with E-state index in [-0.39, 0.29) is 0 Å². The van der Waals surface area contributed by atoms with Crippen LogP contribution in [0, 0.1) is 6.92 Å². The number of nitrogens with zero attached hydrogens (tertiary/aromatic N) is 6. The minimum atomic E-state index is 0.730. The van der Waals surface area contributed by atoms with Crippen molar-refractivity contribution >= 4 is 17.3 Å². The van der Waals surface area contributed by atoms with Gasteiger partial charge < -0.3 is 10.2 Å². The molecule has 0 bridgehead atoms. The lowest BCUT2D eigenvalue weighted by atomic mass is 10.2. The summed E-state index contributed by atoms with van der Waals surface area (Å²) in [7, 11) is 1.97. The predicted molar refractivity (Wildman–Crippen MR) is 102 cm³/mol. The van der Waals surface area contributed by atoms with E-state index in [1.54, 1.807) is 0 Å². The number of aryl methyl sites for hydroxylation is 3. The third kappa shape index (κ3) is 4.58. The molecule has 1 N–H and O–H groups in total. The minimum Gasteiger partial charge on any atom is -0.358 e. The molecular formula is C17H27N7S. The zero-order valence-electron chi connectivity index (χ0n) is 15.3. The second-order valence-corrected chi connectivity index (χ2v) is 6.93. The van der Waals surface area contributed by atoms with Crippen molar-refractivity contribution in [1.29, 1.82) is 0 Å². The average molecular weight is 362 g/mol. The van der Waals surface area contributed by atoms with Crippen molar-refractivity contribution in [3.8, 4) is 0 Å². The van der Waals surface area contributed by atoms with Crippen LogP contribution < -0.4 is 5.32 Å². The molecule has 0 saturated carbocycles. The van der Waals surface area contributed by atoms with E-state index in [0.29, 0.717) is 0 Å². The lowest BCUT2D eigenvalue weighted by molar-refractivity contribution is 0.174. The highest BCUT2D eigenvalue weighted by molar-refractivity contribution is 7.80. The highest BCUT2D eigenvalue weighted by Gasteiger charge is 2.20. The lowest BCUT2D eigenvalue weighted by Crippen LogP contribution is -2.51. The van der Waals surface area contributed by atoms with Crippen molar-refractivity contribution in [3.63, 3.8) is 0 Å². The number of hydrogen-bond donors (Lipinski definition) is 1. The van der Waals surface area contributed by atoms with Crippen LogP contribution in [0.5, 0.6) is 0 Å². The molecule has 25 heavy (non-hydrogen) atoms. The molecule has 7 nitrogen and oxygen atoms in total. The Morgan fingerprint density at radius 2 is 2.00 bits per heavy atom. The Bertz CT molecular complexity index is 712. The Hall–Kier alpha value is -1.93. The summed E-state index contributed by atoms with van der Waals surface area (Å²) in [6, 6.07) is 0. The van der Waals surface area contributed by atoms with E-state index < -0.39 is 0 Å². The van der Waals surface area contributed by atoms with Gasteiger partial charge >= 0.3 is 0 Å². The quantitative estimate of drug-likeness (QED) is 0.806. The van der Waals surface area contributed by atoms with Crippen molar-refractivity contribution in [2.24, 2.45) is 7.05 Å². The fraction of sp³-hybridized carbons (Fsp3) is 0.588. The van der Waals surface area contributed by atoms with E-state index in [9.17, 15) is 0 Å². The van der Waals surface area contributed by atoms with Gasteiger partial charge in [0.05, 0.1) is 11.9 Å². The van der Waals surface area contributed by atoms with Crippen LogP contribution >= 0.6 is 12.2 Å². The maximum Gasteiger partial charge on any atom is 0.169 e. The Morgan fingerprint density at radius 1 is 1.24 bits per heavy atom. The van der Waals surface area contributed by atoms with Crippen molar-refractivity contribution in [2.45, 2.75) is 33.5 Å². The molecule has 1 fully saturated rings. The normalized spacial score (nSPS) is 15.6. The van der Waals surface area contributed by atoms with Gasteiger partial charge in [0.25, 0.3) is 0 Å². The van der Waals surface area contributed by atoms with Crippen LogP contribution in [0.4, 0.5) is 0 Å². The van der Waals surface area contributed by atoms with Crippen molar-refractivity contribution in [1.82, 2.24) is 34.7 Å². The number of rotatable bonds is 5. The molecule has 0 amide bonds. The molecule has 2 aromatic rings. The van der Waals surface area contributed by atoms with E-state index in [4.69, 9.17) is 12.2 Å². The van der Waals surface area contributed by atoms with Crippen molar-refractivity contribution in [3.05, 3.63) is 35.4 Å². The molecule has 1 saturated heterocycles. The SMILES string of the molecule is CCn1cc(CNC(=S)N2CCN(Cc3cn(C)nc3C)CC2)cn1. The van der Waals surface area contributed by atoms with E-state index in [0.717, 1.165) is 62.2 Å². The largest absolute Gasteiger partial charge is 0.358 e. The number of piperazine rings is 1. The van der Waals surface area contributed by atoms with E-state index in [2.05, 4.69) is 51.6 Å². The van der Waals surface area contributed by atoms with Crippen LogP contribution in [0.1, 0.15) is 23.7 Å². The summed E-state index contributed by atoms with van der Waals surface area (Å²) < 4.78 is 3.82. The Balaban J connectivity index is 1.43. The first-order valence-electron chi connectivity index (χ1n) is 8.80. The van der Waals surface area contributed by atoms with Crippen LogP contribution in [0.3, 0.4) is 0 Å². The van der Waals surface area contributed by atoms with Gasteiger partial charge in [-0.3, -0.25) is 14.3 Å². The second-order valence-electron chi connectivity index (χ2n) is 6.54. The lowest BCUT2D eigenvalue weighted by Gasteiger charge is -2.36. The van der Waals surface area contributed by atoms with Gasteiger partial charge in [-0.2, -0.15) is 10.2 Å². The first-order chi connectivity index (χ1) is 12.0. The zero-order valence-corrected chi connectivity index (χ0v) is 16.1. The summed E-state index contributed by atoms with van der Waals surface area (Å²) in [4.78, 5) is 4.72. The molecule has 0 radical (unpaired) electrons. The van der Waals surface area contributed by atoms with Gasteiger partial charge in [-0.15, -0.1) is 0 Å². The maximum atomic E-state index is 5.56. The van der Waals surface area contributed by atoms with Crippen LogP contribution in [0.25, 0.3) is 0 Å². The Morgan fingerprint density at radius 3 is 2.60 bits per heavy atom. The van der Waals surface area contributed by atoms with Gasteiger partial charge in [-0.05, 0) is 26.1 Å². The summed E-state index contributed by atoms with van der Waals surface area (Å²) >= 11 is 5.56.